The van der Waals surface area contributed by atoms with Gasteiger partial charge in [0, 0.05) is 19.8 Å². The fourth-order valence-corrected chi connectivity index (χ4v) is 1.78. The van der Waals surface area contributed by atoms with Crippen LogP contribution in [-0.4, -0.2) is 24.1 Å². The molecule has 0 aliphatic heterocycles. The number of anilines is 1. The van der Waals surface area contributed by atoms with Crippen LogP contribution in [0.15, 0.2) is 35.1 Å². The predicted octanol–water partition coefficient (Wildman–Crippen LogP) is 3.03. The highest BCUT2D eigenvalue weighted by molar-refractivity contribution is 5.69. The zero-order valence-electron chi connectivity index (χ0n) is 12.0. The average molecular weight is 309 g/mol. The van der Waals surface area contributed by atoms with Gasteiger partial charge in [-0.15, -0.1) is 0 Å². The molecule has 0 saturated heterocycles. The number of H-pyrrole nitrogens is 1. The fraction of sp³-hybridized carbons (Fsp3) is 0.200. The van der Waals surface area contributed by atoms with E-state index in [0.29, 0.717) is 0 Å². The molecule has 0 atom stereocenters. The summed E-state index contributed by atoms with van der Waals surface area (Å²) in [5.74, 6) is 0. The number of nitrogens with zero attached hydrogens (tertiary/aromatic N) is 2. The third kappa shape index (κ3) is 3.97. The van der Waals surface area contributed by atoms with Crippen LogP contribution in [0.5, 0.6) is 0 Å². The van der Waals surface area contributed by atoms with Crippen LogP contribution in [0.25, 0.3) is 12.2 Å². The van der Waals surface area contributed by atoms with Gasteiger partial charge in [-0.2, -0.15) is 18.2 Å². The molecule has 22 heavy (non-hydrogen) atoms. The number of alkyl halides is 3. The van der Waals surface area contributed by atoms with Crippen LogP contribution >= 0.6 is 0 Å². The van der Waals surface area contributed by atoms with E-state index in [1.165, 1.54) is 6.08 Å². The van der Waals surface area contributed by atoms with Crippen molar-refractivity contribution in [2.75, 3.05) is 19.0 Å². The van der Waals surface area contributed by atoms with E-state index in [1.54, 1.807) is 11.1 Å². The second kappa shape index (κ2) is 6.05. The lowest BCUT2D eigenvalue weighted by Crippen LogP contribution is -2.19. The van der Waals surface area contributed by atoms with Gasteiger partial charge in [0.25, 0.3) is 0 Å². The minimum atomic E-state index is -4.61. The number of hydrogen-bond acceptors (Lipinski definition) is 3. The summed E-state index contributed by atoms with van der Waals surface area (Å²) >= 11 is 0. The lowest BCUT2D eigenvalue weighted by atomic mass is 10.1. The molecule has 1 aromatic heterocycles. The number of benzene rings is 1. The Kier molecular flexibility index (Phi) is 4.35. The molecule has 0 amide bonds. The van der Waals surface area contributed by atoms with E-state index in [2.05, 4.69) is 4.98 Å². The van der Waals surface area contributed by atoms with Crippen LogP contribution in [0, 0.1) is 0 Å². The van der Waals surface area contributed by atoms with Gasteiger partial charge in [0.05, 0.1) is 5.69 Å². The van der Waals surface area contributed by atoms with Crippen molar-refractivity contribution in [1.29, 1.82) is 0 Å². The van der Waals surface area contributed by atoms with Crippen molar-refractivity contribution in [3.63, 3.8) is 0 Å². The molecule has 2 rings (SSSR count). The van der Waals surface area contributed by atoms with Crippen molar-refractivity contribution in [3.8, 4) is 0 Å². The van der Waals surface area contributed by atoms with E-state index < -0.39 is 17.6 Å². The van der Waals surface area contributed by atoms with Crippen LogP contribution in [0.3, 0.4) is 0 Å². The third-order valence-electron chi connectivity index (χ3n) is 2.93. The van der Waals surface area contributed by atoms with Crippen molar-refractivity contribution in [2.24, 2.45) is 0 Å². The molecule has 2 aromatic rings. The van der Waals surface area contributed by atoms with E-state index >= 15 is 0 Å². The first-order chi connectivity index (χ1) is 10.3. The molecule has 0 radical (unpaired) electrons. The highest BCUT2D eigenvalue weighted by Gasteiger charge is 2.32. The Morgan fingerprint density at radius 3 is 2.32 bits per heavy atom. The maximum Gasteiger partial charge on any atom is 0.431 e. The third-order valence-corrected chi connectivity index (χ3v) is 2.93. The van der Waals surface area contributed by atoms with Gasteiger partial charge in [-0.05, 0) is 29.8 Å². The normalized spacial score (nSPS) is 11.9. The fourth-order valence-electron chi connectivity index (χ4n) is 1.78. The Morgan fingerprint density at radius 2 is 1.77 bits per heavy atom. The van der Waals surface area contributed by atoms with Gasteiger partial charge < -0.3 is 9.88 Å². The molecule has 0 bridgehead atoms. The van der Waals surface area contributed by atoms with E-state index in [1.807, 2.05) is 43.3 Å². The van der Waals surface area contributed by atoms with E-state index in [4.69, 9.17) is 0 Å². The summed E-state index contributed by atoms with van der Waals surface area (Å²) < 4.78 is 37.8. The van der Waals surface area contributed by atoms with E-state index in [9.17, 15) is 18.0 Å². The lowest BCUT2D eigenvalue weighted by molar-refractivity contribution is -0.141. The molecule has 4 nitrogen and oxygen atoms in total. The number of hydrogen-bond donors (Lipinski definition) is 1. The summed E-state index contributed by atoms with van der Waals surface area (Å²) in [6.45, 7) is 0. The molecule has 0 aliphatic carbocycles. The number of halogens is 3. The van der Waals surface area contributed by atoms with Gasteiger partial charge in [0.1, 0.15) is 5.69 Å². The lowest BCUT2D eigenvalue weighted by Gasteiger charge is -2.11. The summed E-state index contributed by atoms with van der Waals surface area (Å²) in [4.78, 5) is 18.3. The van der Waals surface area contributed by atoms with Gasteiger partial charge in [0.15, 0.2) is 0 Å². The predicted molar refractivity (Wildman–Crippen MR) is 79.6 cm³/mol. The maximum atomic E-state index is 12.6. The minimum absolute atomic E-state index is 0.0484. The molecule has 1 N–H and O–H groups in total. The zero-order chi connectivity index (χ0) is 16.3. The Labute approximate surface area is 124 Å². The van der Waals surface area contributed by atoms with Gasteiger partial charge in [-0.25, -0.2) is 4.79 Å². The van der Waals surface area contributed by atoms with Crippen LogP contribution < -0.4 is 10.6 Å². The summed E-state index contributed by atoms with van der Waals surface area (Å²) in [5, 5.41) is 0. The number of nitrogens with one attached hydrogen (secondary N) is 1. The van der Waals surface area contributed by atoms with Gasteiger partial charge >= 0.3 is 11.9 Å². The zero-order valence-corrected chi connectivity index (χ0v) is 12.0. The largest absolute Gasteiger partial charge is 0.431 e. The first-order valence-electron chi connectivity index (χ1n) is 6.40. The van der Waals surface area contributed by atoms with Crippen molar-refractivity contribution in [1.82, 2.24) is 9.97 Å². The summed E-state index contributed by atoms with van der Waals surface area (Å²) in [6.07, 6.45) is -1.64. The second-order valence-corrected chi connectivity index (χ2v) is 4.84. The Bertz CT molecular complexity index is 731. The SMILES string of the molecule is CN(C)c1ccc(C=Cc2cc(C(F)(F)F)[nH]c(=O)n2)cc1. The smallest absolute Gasteiger partial charge is 0.378 e. The molecular formula is C15H14F3N3O. The van der Waals surface area contributed by atoms with Crippen LogP contribution in [-0.2, 0) is 6.18 Å². The molecular weight excluding hydrogens is 295 g/mol. The summed E-state index contributed by atoms with van der Waals surface area (Å²) in [7, 11) is 3.81. The molecule has 0 fully saturated rings. The molecule has 0 saturated carbocycles. The Hall–Kier alpha value is -2.57. The quantitative estimate of drug-likeness (QED) is 0.948. The first kappa shape index (κ1) is 15.8. The molecule has 1 heterocycles. The Balaban J connectivity index is 2.26. The van der Waals surface area contributed by atoms with Crippen molar-refractivity contribution in [3.05, 3.63) is 57.8 Å². The van der Waals surface area contributed by atoms with Crippen molar-refractivity contribution >= 4 is 17.8 Å². The topological polar surface area (TPSA) is 49.0 Å². The summed E-state index contributed by atoms with van der Waals surface area (Å²) in [5.41, 5.74) is -0.396. The minimum Gasteiger partial charge on any atom is -0.378 e. The van der Waals surface area contributed by atoms with Crippen molar-refractivity contribution in [2.45, 2.75) is 6.18 Å². The molecule has 7 heteroatoms. The molecule has 0 spiro atoms. The number of aromatic nitrogens is 2. The molecule has 0 aliphatic rings. The number of rotatable bonds is 3. The average Bonchev–Trinajstić information content (AvgIpc) is 2.44. The second-order valence-electron chi connectivity index (χ2n) is 4.84. The van der Waals surface area contributed by atoms with Crippen molar-refractivity contribution < 1.29 is 13.2 Å². The summed E-state index contributed by atoms with van der Waals surface area (Å²) in [6, 6.07) is 8.21. The molecule has 0 unspecified atom stereocenters. The Morgan fingerprint density at radius 1 is 1.14 bits per heavy atom. The molecule has 116 valence electrons. The van der Waals surface area contributed by atoms with E-state index in [-0.39, 0.29) is 5.69 Å². The number of aromatic amines is 1. The molecule has 1 aromatic carbocycles. The van der Waals surface area contributed by atoms with Crippen LogP contribution in [0.2, 0.25) is 0 Å². The van der Waals surface area contributed by atoms with E-state index in [0.717, 1.165) is 17.3 Å². The van der Waals surface area contributed by atoms with Gasteiger partial charge in [-0.1, -0.05) is 18.2 Å². The standard InChI is InChI=1S/C15H14F3N3O/c1-21(2)12-7-4-10(5-8-12)3-6-11-9-13(15(16,17)18)20-14(22)19-11/h3-9H,1-2H3,(H,19,20,22). The first-order valence-corrected chi connectivity index (χ1v) is 6.40. The van der Waals surface area contributed by atoms with Crippen LogP contribution in [0.4, 0.5) is 18.9 Å². The monoisotopic (exact) mass is 309 g/mol. The van der Waals surface area contributed by atoms with Gasteiger partial charge in [0.2, 0.25) is 0 Å². The van der Waals surface area contributed by atoms with Gasteiger partial charge in [-0.3, -0.25) is 0 Å². The highest BCUT2D eigenvalue weighted by Crippen LogP contribution is 2.27. The van der Waals surface area contributed by atoms with Crippen LogP contribution in [0.1, 0.15) is 17.0 Å². The maximum absolute atomic E-state index is 12.6. The highest BCUT2D eigenvalue weighted by atomic mass is 19.4.